The van der Waals surface area contributed by atoms with E-state index in [1.165, 1.54) is 12.1 Å². The number of benzene rings is 2. The number of furan rings is 1. The Bertz CT molecular complexity index is 1060. The first-order valence-corrected chi connectivity index (χ1v) is 8.62. The molecule has 0 atom stereocenters. The molecule has 0 aliphatic carbocycles. The third-order valence-corrected chi connectivity index (χ3v) is 4.33. The van der Waals surface area contributed by atoms with Gasteiger partial charge in [-0.05, 0) is 54.6 Å². The fourth-order valence-electron chi connectivity index (χ4n) is 2.74. The summed E-state index contributed by atoms with van der Waals surface area (Å²) < 4.78 is 24.3. The third kappa shape index (κ3) is 3.28. The maximum Gasteiger partial charge on any atom is 0.152 e. The number of fused-ring (bicyclic) bond motifs is 1. The van der Waals surface area contributed by atoms with Crippen molar-refractivity contribution in [3.63, 3.8) is 0 Å². The molecule has 0 aliphatic heterocycles. The van der Waals surface area contributed by atoms with E-state index in [1.54, 1.807) is 18.3 Å². The summed E-state index contributed by atoms with van der Waals surface area (Å²) >= 11 is 6.36. The molecule has 2 aromatic heterocycles. The zero-order valence-electron chi connectivity index (χ0n) is 14.0. The first kappa shape index (κ1) is 16.6. The highest BCUT2D eigenvalue weighted by Gasteiger charge is 2.10. The minimum atomic E-state index is -0.302. The Balaban J connectivity index is 1.62. The summed E-state index contributed by atoms with van der Waals surface area (Å²) in [5.74, 6) is 1.72. The van der Waals surface area contributed by atoms with Gasteiger partial charge in [-0.25, -0.2) is 4.39 Å². The maximum atomic E-state index is 12.9. The Kier molecular flexibility index (Phi) is 4.35. The van der Waals surface area contributed by atoms with E-state index in [-0.39, 0.29) is 5.82 Å². The molecule has 0 fully saturated rings. The van der Waals surface area contributed by atoms with Crippen LogP contribution in [0.15, 0.2) is 65.2 Å². The number of rotatable bonds is 4. The maximum absolute atomic E-state index is 12.9. The van der Waals surface area contributed by atoms with Gasteiger partial charge in [0, 0.05) is 17.4 Å². The van der Waals surface area contributed by atoms with Crippen molar-refractivity contribution < 1.29 is 13.5 Å². The van der Waals surface area contributed by atoms with Crippen LogP contribution >= 0.6 is 11.6 Å². The van der Waals surface area contributed by atoms with E-state index in [2.05, 4.69) is 4.98 Å². The van der Waals surface area contributed by atoms with Crippen molar-refractivity contribution in [2.24, 2.45) is 0 Å². The van der Waals surface area contributed by atoms with Gasteiger partial charge in [0.25, 0.3) is 0 Å². The van der Waals surface area contributed by atoms with Crippen LogP contribution in [0.4, 0.5) is 4.39 Å². The Morgan fingerprint density at radius 2 is 1.81 bits per heavy atom. The molecule has 130 valence electrons. The fraction of sp³-hybridized carbons (Fsp3) is 0.0952. The number of hydrogen-bond acceptors (Lipinski definition) is 3. The molecular formula is C21H15ClFNO2. The summed E-state index contributed by atoms with van der Waals surface area (Å²) in [6.07, 6.45) is 2.44. The monoisotopic (exact) mass is 367 g/mol. The topological polar surface area (TPSA) is 35.3 Å². The van der Waals surface area contributed by atoms with E-state index in [4.69, 9.17) is 20.8 Å². The number of halogens is 2. The average Bonchev–Trinajstić information content (AvgIpc) is 3.08. The molecule has 0 unspecified atom stereocenters. The van der Waals surface area contributed by atoms with Crippen molar-refractivity contribution in [2.45, 2.75) is 13.3 Å². The molecule has 0 N–H and O–H groups in total. The van der Waals surface area contributed by atoms with Gasteiger partial charge in [-0.2, -0.15) is 0 Å². The standard InChI is InChI=1S/C21H15ClFNO2/c1-2-16-10-14-9-13(11-19(22)21(14)26-16)20-8-7-18(12-24-20)25-17-5-3-15(23)4-6-17/h3-12H,2H2,1H3. The smallest absolute Gasteiger partial charge is 0.152 e. The molecule has 2 aromatic carbocycles. The SMILES string of the molecule is CCc1cc2cc(-c3ccc(Oc4ccc(F)cc4)cn3)cc(Cl)c2o1. The summed E-state index contributed by atoms with van der Waals surface area (Å²) in [5.41, 5.74) is 2.38. The summed E-state index contributed by atoms with van der Waals surface area (Å²) in [6.45, 7) is 2.04. The number of nitrogens with zero attached hydrogens (tertiary/aromatic N) is 1. The van der Waals surface area contributed by atoms with Gasteiger partial charge in [-0.15, -0.1) is 0 Å². The van der Waals surface area contributed by atoms with Crippen molar-refractivity contribution in [2.75, 3.05) is 0 Å². The molecule has 4 aromatic rings. The lowest BCUT2D eigenvalue weighted by Crippen LogP contribution is -1.88. The van der Waals surface area contributed by atoms with Gasteiger partial charge in [-0.3, -0.25) is 4.98 Å². The van der Waals surface area contributed by atoms with E-state index in [9.17, 15) is 4.39 Å². The Morgan fingerprint density at radius 3 is 2.50 bits per heavy atom. The highest BCUT2D eigenvalue weighted by Crippen LogP contribution is 2.33. The largest absolute Gasteiger partial charge is 0.460 e. The molecule has 0 spiro atoms. The summed E-state index contributed by atoms with van der Waals surface area (Å²) in [5, 5.41) is 1.52. The summed E-state index contributed by atoms with van der Waals surface area (Å²) in [6, 6.07) is 15.4. The summed E-state index contributed by atoms with van der Waals surface area (Å²) in [4.78, 5) is 4.45. The average molecular weight is 368 g/mol. The molecule has 0 saturated carbocycles. The lowest BCUT2D eigenvalue weighted by molar-refractivity contribution is 0.478. The lowest BCUT2D eigenvalue weighted by atomic mass is 10.1. The first-order chi connectivity index (χ1) is 12.6. The van der Waals surface area contributed by atoms with E-state index in [0.29, 0.717) is 22.1 Å². The predicted molar refractivity (Wildman–Crippen MR) is 100 cm³/mol. The second-order valence-corrected chi connectivity index (χ2v) is 6.29. The van der Waals surface area contributed by atoms with Gasteiger partial charge in [0.1, 0.15) is 23.1 Å². The van der Waals surface area contributed by atoms with E-state index < -0.39 is 0 Å². The van der Waals surface area contributed by atoms with Gasteiger partial charge in [-0.1, -0.05) is 18.5 Å². The van der Waals surface area contributed by atoms with Crippen LogP contribution in [0.2, 0.25) is 5.02 Å². The molecule has 0 radical (unpaired) electrons. The van der Waals surface area contributed by atoms with Gasteiger partial charge in [0.15, 0.2) is 5.58 Å². The van der Waals surface area contributed by atoms with Crippen LogP contribution < -0.4 is 4.74 Å². The number of ether oxygens (including phenoxy) is 1. The number of hydrogen-bond donors (Lipinski definition) is 0. The molecule has 0 bridgehead atoms. The van der Waals surface area contributed by atoms with Crippen LogP contribution in [0, 0.1) is 5.82 Å². The van der Waals surface area contributed by atoms with E-state index in [0.717, 1.165) is 28.8 Å². The van der Waals surface area contributed by atoms with Crippen LogP contribution in [0.5, 0.6) is 11.5 Å². The van der Waals surface area contributed by atoms with Crippen LogP contribution in [0.3, 0.4) is 0 Å². The van der Waals surface area contributed by atoms with Gasteiger partial charge < -0.3 is 9.15 Å². The normalized spacial score (nSPS) is 11.0. The number of aromatic nitrogens is 1. The Labute approximate surface area is 155 Å². The van der Waals surface area contributed by atoms with E-state index in [1.807, 2.05) is 37.3 Å². The minimum Gasteiger partial charge on any atom is -0.460 e. The Morgan fingerprint density at radius 1 is 1.04 bits per heavy atom. The molecule has 4 rings (SSSR count). The van der Waals surface area contributed by atoms with Crippen molar-refractivity contribution >= 4 is 22.6 Å². The van der Waals surface area contributed by atoms with Crippen molar-refractivity contribution in [1.29, 1.82) is 0 Å². The predicted octanol–water partition coefficient (Wildman–Crippen LogP) is 6.64. The quantitative estimate of drug-likeness (QED) is 0.405. The molecule has 0 amide bonds. The molecule has 0 saturated heterocycles. The molecule has 5 heteroatoms. The van der Waals surface area contributed by atoms with Gasteiger partial charge >= 0.3 is 0 Å². The van der Waals surface area contributed by atoms with Gasteiger partial charge in [0.2, 0.25) is 0 Å². The molecule has 3 nitrogen and oxygen atoms in total. The van der Waals surface area contributed by atoms with Crippen LogP contribution in [-0.4, -0.2) is 4.98 Å². The fourth-order valence-corrected chi connectivity index (χ4v) is 3.00. The highest BCUT2D eigenvalue weighted by molar-refractivity contribution is 6.35. The molecular weight excluding hydrogens is 353 g/mol. The van der Waals surface area contributed by atoms with Crippen molar-refractivity contribution in [3.05, 3.63) is 77.4 Å². The molecule has 0 aliphatic rings. The summed E-state index contributed by atoms with van der Waals surface area (Å²) in [7, 11) is 0. The zero-order valence-corrected chi connectivity index (χ0v) is 14.8. The van der Waals surface area contributed by atoms with Crippen molar-refractivity contribution in [1.82, 2.24) is 4.98 Å². The lowest BCUT2D eigenvalue weighted by Gasteiger charge is -2.07. The zero-order chi connectivity index (χ0) is 18.1. The van der Waals surface area contributed by atoms with Crippen molar-refractivity contribution in [3.8, 4) is 22.8 Å². The Hall–Kier alpha value is -2.85. The second-order valence-electron chi connectivity index (χ2n) is 5.88. The number of pyridine rings is 1. The number of aryl methyl sites for hydroxylation is 1. The first-order valence-electron chi connectivity index (χ1n) is 8.24. The van der Waals surface area contributed by atoms with Crippen LogP contribution in [-0.2, 0) is 6.42 Å². The van der Waals surface area contributed by atoms with E-state index >= 15 is 0 Å². The highest BCUT2D eigenvalue weighted by atomic mass is 35.5. The van der Waals surface area contributed by atoms with Crippen LogP contribution in [0.25, 0.3) is 22.2 Å². The van der Waals surface area contributed by atoms with Crippen LogP contribution in [0.1, 0.15) is 12.7 Å². The minimum absolute atomic E-state index is 0.302. The second kappa shape index (κ2) is 6.81. The molecule has 2 heterocycles. The molecule has 26 heavy (non-hydrogen) atoms. The van der Waals surface area contributed by atoms with Gasteiger partial charge in [0.05, 0.1) is 16.9 Å². The third-order valence-electron chi connectivity index (χ3n) is 4.05.